The van der Waals surface area contributed by atoms with Crippen LogP contribution in [0.1, 0.15) is 34.1 Å². The molecule has 2 nitrogen and oxygen atoms in total. The predicted molar refractivity (Wildman–Crippen MR) is 67.5 cm³/mol. The topological polar surface area (TPSA) is 26.3 Å². The SMILES string of the molecule is CCC(C)C(=O)C(O[Si](C)(C)C)C(C)C. The first-order chi connectivity index (χ1) is 6.69. The van der Waals surface area contributed by atoms with Crippen molar-refractivity contribution in [2.45, 2.75) is 59.9 Å². The highest BCUT2D eigenvalue weighted by Gasteiger charge is 2.30. The van der Waals surface area contributed by atoms with Crippen LogP contribution in [0.25, 0.3) is 0 Å². The summed E-state index contributed by atoms with van der Waals surface area (Å²) in [4.78, 5) is 12.1. The van der Waals surface area contributed by atoms with Gasteiger partial charge in [0.05, 0.1) is 0 Å². The molecule has 90 valence electrons. The van der Waals surface area contributed by atoms with Gasteiger partial charge >= 0.3 is 0 Å². The second-order valence-corrected chi connectivity index (χ2v) is 10.1. The lowest BCUT2D eigenvalue weighted by Gasteiger charge is -2.29. The molecule has 0 aromatic carbocycles. The van der Waals surface area contributed by atoms with Crippen molar-refractivity contribution in [1.82, 2.24) is 0 Å². The summed E-state index contributed by atoms with van der Waals surface area (Å²) >= 11 is 0. The predicted octanol–water partition coefficient (Wildman–Crippen LogP) is 3.48. The number of hydrogen-bond donors (Lipinski definition) is 0. The summed E-state index contributed by atoms with van der Waals surface area (Å²) < 4.78 is 5.97. The Morgan fingerprint density at radius 3 is 1.93 bits per heavy atom. The fourth-order valence-electron chi connectivity index (χ4n) is 1.39. The zero-order chi connectivity index (χ0) is 12.2. The van der Waals surface area contributed by atoms with Crippen LogP contribution in [-0.2, 0) is 9.22 Å². The molecule has 0 amide bonds. The van der Waals surface area contributed by atoms with Gasteiger partial charge in [-0.05, 0) is 32.0 Å². The van der Waals surface area contributed by atoms with E-state index >= 15 is 0 Å². The Bertz CT molecular complexity index is 206. The monoisotopic (exact) mass is 230 g/mol. The van der Waals surface area contributed by atoms with E-state index in [1.54, 1.807) is 0 Å². The molecule has 2 unspecified atom stereocenters. The van der Waals surface area contributed by atoms with Gasteiger partial charge in [0.2, 0.25) is 0 Å². The van der Waals surface area contributed by atoms with Gasteiger partial charge in [-0.25, -0.2) is 0 Å². The maximum absolute atomic E-state index is 12.1. The van der Waals surface area contributed by atoms with Crippen LogP contribution in [0.5, 0.6) is 0 Å². The van der Waals surface area contributed by atoms with Crippen LogP contribution in [0.2, 0.25) is 19.6 Å². The minimum absolute atomic E-state index is 0.119. The lowest BCUT2D eigenvalue weighted by atomic mass is 9.93. The van der Waals surface area contributed by atoms with Gasteiger partial charge in [-0.15, -0.1) is 0 Å². The van der Waals surface area contributed by atoms with Crippen LogP contribution in [0, 0.1) is 11.8 Å². The Kier molecular flexibility index (Phi) is 5.74. The van der Waals surface area contributed by atoms with Crippen molar-refractivity contribution in [2.24, 2.45) is 11.8 Å². The highest BCUT2D eigenvalue weighted by molar-refractivity contribution is 6.69. The van der Waals surface area contributed by atoms with Gasteiger partial charge in [0.15, 0.2) is 14.1 Å². The molecule has 0 radical (unpaired) electrons. The van der Waals surface area contributed by atoms with E-state index < -0.39 is 8.32 Å². The van der Waals surface area contributed by atoms with Crippen molar-refractivity contribution >= 4 is 14.1 Å². The second kappa shape index (κ2) is 5.80. The first kappa shape index (κ1) is 14.8. The Labute approximate surface area is 95.5 Å². The van der Waals surface area contributed by atoms with Gasteiger partial charge < -0.3 is 4.43 Å². The summed E-state index contributed by atoms with van der Waals surface area (Å²) in [6, 6.07) is 0. The minimum atomic E-state index is -1.63. The third-order valence-corrected chi connectivity index (χ3v) is 3.43. The fourth-order valence-corrected chi connectivity index (χ4v) is 2.54. The molecular formula is C12H26O2Si. The van der Waals surface area contributed by atoms with Crippen LogP contribution in [-0.4, -0.2) is 20.2 Å². The molecule has 0 bridgehead atoms. The molecule has 0 aliphatic carbocycles. The molecule has 0 rings (SSSR count). The van der Waals surface area contributed by atoms with E-state index in [0.717, 1.165) is 6.42 Å². The zero-order valence-electron chi connectivity index (χ0n) is 11.3. The highest BCUT2D eigenvalue weighted by atomic mass is 28.4. The molecule has 15 heavy (non-hydrogen) atoms. The molecule has 0 saturated carbocycles. The van der Waals surface area contributed by atoms with E-state index in [2.05, 4.69) is 40.4 Å². The standard InChI is InChI=1S/C12H26O2Si/c1-8-10(4)11(13)12(9(2)3)14-15(5,6)7/h9-10,12H,8H2,1-7H3. The van der Waals surface area contributed by atoms with Crippen LogP contribution >= 0.6 is 0 Å². The maximum atomic E-state index is 12.1. The molecular weight excluding hydrogens is 204 g/mol. The smallest absolute Gasteiger partial charge is 0.184 e. The average Bonchev–Trinajstić information content (AvgIpc) is 2.10. The van der Waals surface area contributed by atoms with Gasteiger partial charge in [0, 0.05) is 5.92 Å². The lowest BCUT2D eigenvalue weighted by molar-refractivity contribution is -0.131. The molecule has 0 N–H and O–H groups in total. The molecule has 3 heteroatoms. The Morgan fingerprint density at radius 1 is 1.20 bits per heavy atom. The molecule has 0 aromatic heterocycles. The molecule has 2 atom stereocenters. The van der Waals surface area contributed by atoms with Gasteiger partial charge in [0.1, 0.15) is 6.10 Å². The third-order valence-electron chi connectivity index (χ3n) is 2.46. The quantitative estimate of drug-likeness (QED) is 0.653. The second-order valence-electron chi connectivity index (χ2n) is 5.61. The van der Waals surface area contributed by atoms with Gasteiger partial charge in [-0.1, -0.05) is 27.7 Å². The highest BCUT2D eigenvalue weighted by Crippen LogP contribution is 2.19. The van der Waals surface area contributed by atoms with Crippen molar-refractivity contribution in [3.05, 3.63) is 0 Å². The van der Waals surface area contributed by atoms with Crippen LogP contribution < -0.4 is 0 Å². The Morgan fingerprint density at radius 2 is 1.67 bits per heavy atom. The van der Waals surface area contributed by atoms with Crippen LogP contribution in [0.4, 0.5) is 0 Å². The maximum Gasteiger partial charge on any atom is 0.184 e. The van der Waals surface area contributed by atoms with Crippen LogP contribution in [0.3, 0.4) is 0 Å². The number of hydrogen-bond acceptors (Lipinski definition) is 2. The number of carbonyl (C=O) groups excluding carboxylic acids is 1. The largest absolute Gasteiger partial charge is 0.407 e. The van der Waals surface area contributed by atoms with Crippen LogP contribution in [0.15, 0.2) is 0 Å². The van der Waals surface area contributed by atoms with E-state index in [0.29, 0.717) is 0 Å². The van der Waals surface area contributed by atoms with Crippen molar-refractivity contribution in [3.8, 4) is 0 Å². The molecule has 0 saturated heterocycles. The summed E-state index contributed by atoms with van der Waals surface area (Å²) in [5.41, 5.74) is 0. The molecule has 0 aromatic rings. The fraction of sp³-hybridized carbons (Fsp3) is 0.917. The Hall–Kier alpha value is -0.153. The summed E-state index contributed by atoms with van der Waals surface area (Å²) in [6.45, 7) is 14.6. The first-order valence-electron chi connectivity index (χ1n) is 5.90. The van der Waals surface area contributed by atoms with Crippen molar-refractivity contribution in [1.29, 1.82) is 0 Å². The minimum Gasteiger partial charge on any atom is -0.407 e. The molecule has 0 heterocycles. The number of rotatable bonds is 6. The number of Topliss-reactive ketones (excluding diaryl/α,β-unsaturated/α-hetero) is 1. The van der Waals surface area contributed by atoms with E-state index in [1.807, 2.05) is 6.92 Å². The Balaban J connectivity index is 4.60. The van der Waals surface area contributed by atoms with Crippen molar-refractivity contribution < 1.29 is 9.22 Å². The average molecular weight is 230 g/mol. The van der Waals surface area contributed by atoms with Gasteiger partial charge in [-0.3, -0.25) is 4.79 Å². The molecule has 0 aliphatic rings. The molecule has 0 aliphatic heterocycles. The van der Waals surface area contributed by atoms with Crippen molar-refractivity contribution in [2.75, 3.05) is 0 Å². The lowest BCUT2D eigenvalue weighted by Crippen LogP contribution is -2.41. The van der Waals surface area contributed by atoms with E-state index in [9.17, 15) is 4.79 Å². The summed E-state index contributed by atoms with van der Waals surface area (Å²) in [5.74, 6) is 0.668. The van der Waals surface area contributed by atoms with Gasteiger partial charge in [0.25, 0.3) is 0 Å². The first-order valence-corrected chi connectivity index (χ1v) is 9.31. The van der Waals surface area contributed by atoms with E-state index in [-0.39, 0.29) is 23.7 Å². The number of ketones is 1. The van der Waals surface area contributed by atoms with Gasteiger partial charge in [-0.2, -0.15) is 0 Å². The zero-order valence-corrected chi connectivity index (χ0v) is 12.3. The normalized spacial score (nSPS) is 16.5. The molecule has 0 fully saturated rings. The number of carbonyl (C=O) groups is 1. The summed E-state index contributed by atoms with van der Waals surface area (Å²) in [6.07, 6.45) is 0.698. The van der Waals surface area contributed by atoms with Crippen molar-refractivity contribution in [3.63, 3.8) is 0 Å². The molecule has 0 spiro atoms. The van der Waals surface area contributed by atoms with E-state index in [1.165, 1.54) is 0 Å². The summed E-state index contributed by atoms with van der Waals surface area (Å²) in [7, 11) is -1.63. The van der Waals surface area contributed by atoms with E-state index in [4.69, 9.17) is 4.43 Å². The third kappa shape index (κ3) is 5.47. The summed E-state index contributed by atoms with van der Waals surface area (Å²) in [5, 5.41) is 0.